The minimum Gasteiger partial charge on any atom is -0.320 e. The Morgan fingerprint density at radius 2 is 1.81 bits per heavy atom. The summed E-state index contributed by atoms with van der Waals surface area (Å²) in [4.78, 5) is 2.37. The van der Waals surface area contributed by atoms with E-state index in [9.17, 15) is 4.39 Å². The predicted molar refractivity (Wildman–Crippen MR) is 108 cm³/mol. The fourth-order valence-corrected chi connectivity index (χ4v) is 3.97. The lowest BCUT2D eigenvalue weighted by Crippen LogP contribution is -2.21. The van der Waals surface area contributed by atoms with Gasteiger partial charge in [0.2, 0.25) is 0 Å². The average Bonchev–Trinajstić information content (AvgIpc) is 2.76. The number of likely N-dealkylation sites (N-methyl/N-ethyl adjacent to an activating group) is 1. The predicted octanol–water partition coefficient (Wildman–Crippen LogP) is 5.48. The zero-order valence-corrected chi connectivity index (χ0v) is 15.9. The van der Waals surface area contributed by atoms with E-state index in [2.05, 4.69) is 41.8 Å². The minimum atomic E-state index is -0.209. The van der Waals surface area contributed by atoms with Gasteiger partial charge in [-0.05, 0) is 67.4 Å². The van der Waals surface area contributed by atoms with Crippen LogP contribution < -0.4 is 0 Å². The summed E-state index contributed by atoms with van der Waals surface area (Å²) in [5.74, 6) is -0.209. The Kier molecular flexibility index (Phi) is 4.60. The van der Waals surface area contributed by atoms with Gasteiger partial charge in [-0.2, -0.15) is 0 Å². The minimum absolute atomic E-state index is 0.209. The number of rotatable bonds is 2. The van der Waals surface area contributed by atoms with Crippen molar-refractivity contribution in [1.29, 1.82) is 0 Å². The maximum atomic E-state index is 13.2. The third-order valence-electron chi connectivity index (χ3n) is 5.28. The quantitative estimate of drug-likeness (QED) is 0.581. The topological polar surface area (TPSA) is 8.17 Å². The molecule has 0 N–H and O–H groups in total. The molecule has 0 bridgehead atoms. The lowest BCUT2D eigenvalue weighted by atomic mass is 10.1. The number of fused-ring (bicyclic) bond motifs is 3. The molecular formula is C22H22ClFN2. The first kappa shape index (κ1) is 17.3. The summed E-state index contributed by atoms with van der Waals surface area (Å²) in [7, 11) is 2.17. The first-order valence-electron chi connectivity index (χ1n) is 8.97. The number of aromatic nitrogens is 1. The van der Waals surface area contributed by atoms with Crippen LogP contribution >= 0.6 is 11.6 Å². The summed E-state index contributed by atoms with van der Waals surface area (Å²) in [6, 6.07) is 12.8. The highest BCUT2D eigenvalue weighted by Crippen LogP contribution is 2.32. The van der Waals surface area contributed by atoms with Crippen molar-refractivity contribution in [3.05, 3.63) is 70.1 Å². The van der Waals surface area contributed by atoms with E-state index >= 15 is 0 Å². The molecule has 0 unspecified atom stereocenters. The van der Waals surface area contributed by atoms with Crippen molar-refractivity contribution in [2.24, 2.45) is 0 Å². The van der Waals surface area contributed by atoms with Crippen LogP contribution in [0.4, 0.5) is 4.39 Å². The normalized spacial score (nSPS) is 15.9. The van der Waals surface area contributed by atoms with E-state index in [4.69, 9.17) is 11.6 Å². The molecule has 4 heteroatoms. The fraction of sp³-hybridized carbons (Fsp3) is 0.273. The van der Waals surface area contributed by atoms with Crippen molar-refractivity contribution in [2.45, 2.75) is 19.8 Å². The number of halogens is 2. The molecule has 4 rings (SSSR count). The lowest BCUT2D eigenvalue weighted by molar-refractivity contribution is 0.351. The molecule has 0 saturated heterocycles. The zero-order valence-electron chi connectivity index (χ0n) is 15.1. The van der Waals surface area contributed by atoms with Gasteiger partial charge in [0.25, 0.3) is 0 Å². The van der Waals surface area contributed by atoms with Gasteiger partial charge < -0.3 is 9.47 Å². The second kappa shape index (κ2) is 6.90. The molecule has 0 fully saturated rings. The molecule has 0 amide bonds. The van der Waals surface area contributed by atoms with Crippen LogP contribution in [0.1, 0.15) is 23.7 Å². The molecule has 0 aliphatic carbocycles. The lowest BCUT2D eigenvalue weighted by Gasteiger charge is -2.13. The summed E-state index contributed by atoms with van der Waals surface area (Å²) in [6.45, 7) is 4.17. The molecule has 2 heterocycles. The van der Waals surface area contributed by atoms with Crippen molar-refractivity contribution in [2.75, 3.05) is 20.1 Å². The van der Waals surface area contributed by atoms with Gasteiger partial charge in [0, 0.05) is 41.8 Å². The van der Waals surface area contributed by atoms with E-state index in [0.29, 0.717) is 0 Å². The van der Waals surface area contributed by atoms with Gasteiger partial charge in [-0.3, -0.25) is 0 Å². The highest BCUT2D eigenvalue weighted by atomic mass is 35.5. The van der Waals surface area contributed by atoms with Crippen molar-refractivity contribution in [1.82, 2.24) is 9.47 Å². The zero-order chi connectivity index (χ0) is 18.3. The third-order valence-corrected chi connectivity index (χ3v) is 5.51. The maximum absolute atomic E-state index is 13.2. The molecule has 0 radical (unpaired) electrons. The first-order valence-corrected chi connectivity index (χ1v) is 9.35. The number of hydrogen-bond acceptors (Lipinski definition) is 1. The fourth-order valence-electron chi connectivity index (χ4n) is 3.80. The van der Waals surface area contributed by atoms with Gasteiger partial charge in [-0.25, -0.2) is 4.39 Å². The van der Waals surface area contributed by atoms with Gasteiger partial charge in [-0.1, -0.05) is 23.7 Å². The summed E-state index contributed by atoms with van der Waals surface area (Å²) in [6.07, 6.45) is 4.21. The third kappa shape index (κ3) is 3.17. The van der Waals surface area contributed by atoms with Gasteiger partial charge in [0.05, 0.1) is 5.52 Å². The van der Waals surface area contributed by atoms with Gasteiger partial charge in [0.1, 0.15) is 5.82 Å². The van der Waals surface area contributed by atoms with Crippen molar-refractivity contribution in [3.63, 3.8) is 0 Å². The van der Waals surface area contributed by atoms with Crippen LogP contribution in [0.2, 0.25) is 5.02 Å². The Labute approximate surface area is 158 Å². The molecule has 0 atom stereocenters. The summed E-state index contributed by atoms with van der Waals surface area (Å²) in [5.41, 5.74) is 6.08. The SMILES string of the molecule is C/C(=C\n1c2c(c3cc(Cl)ccc31)CCN(C)CC2)c1ccc(F)cc1. The van der Waals surface area contributed by atoms with E-state index in [1.807, 2.05) is 18.2 Å². The molecule has 3 aromatic rings. The van der Waals surface area contributed by atoms with Crippen LogP contribution in [-0.4, -0.2) is 29.6 Å². The van der Waals surface area contributed by atoms with E-state index in [0.717, 1.165) is 42.1 Å². The monoisotopic (exact) mass is 368 g/mol. The number of nitrogens with zero attached hydrogens (tertiary/aromatic N) is 2. The summed E-state index contributed by atoms with van der Waals surface area (Å²) in [5, 5.41) is 2.01. The molecule has 26 heavy (non-hydrogen) atoms. The largest absolute Gasteiger partial charge is 0.320 e. The number of allylic oxidation sites excluding steroid dienone is 1. The molecule has 1 aliphatic heterocycles. The van der Waals surface area contributed by atoms with Crippen molar-refractivity contribution < 1.29 is 4.39 Å². The van der Waals surface area contributed by atoms with Gasteiger partial charge in [-0.15, -0.1) is 0 Å². The molecule has 2 aromatic carbocycles. The summed E-state index contributed by atoms with van der Waals surface area (Å²) >= 11 is 6.29. The van der Waals surface area contributed by atoms with Crippen LogP contribution in [0, 0.1) is 5.82 Å². The average molecular weight is 369 g/mol. The smallest absolute Gasteiger partial charge is 0.123 e. The van der Waals surface area contributed by atoms with E-state index < -0.39 is 0 Å². The second-order valence-corrected chi connectivity index (χ2v) is 7.52. The Balaban J connectivity index is 1.89. The number of benzene rings is 2. The Hall–Kier alpha value is -2.10. The Morgan fingerprint density at radius 1 is 1.08 bits per heavy atom. The molecule has 134 valence electrons. The van der Waals surface area contributed by atoms with Crippen LogP contribution in [0.15, 0.2) is 42.5 Å². The van der Waals surface area contributed by atoms with Crippen LogP contribution in [-0.2, 0) is 12.8 Å². The highest BCUT2D eigenvalue weighted by Gasteiger charge is 2.20. The molecule has 1 aliphatic rings. The van der Waals surface area contributed by atoms with Crippen molar-refractivity contribution in [3.8, 4) is 0 Å². The standard InChI is InChI=1S/C22H22ClFN2/c1-15(16-3-6-18(24)7-4-16)14-26-21-8-5-17(23)13-20(21)19-9-11-25(2)12-10-22(19)26/h3-8,13-14H,9-12H2,1-2H3/b15-14+. The highest BCUT2D eigenvalue weighted by molar-refractivity contribution is 6.31. The van der Waals surface area contributed by atoms with Crippen LogP contribution in [0.25, 0.3) is 22.7 Å². The Morgan fingerprint density at radius 3 is 2.58 bits per heavy atom. The Bertz CT molecular complexity index is 986. The first-order chi connectivity index (χ1) is 12.5. The maximum Gasteiger partial charge on any atom is 0.123 e. The molecule has 2 nitrogen and oxygen atoms in total. The molecular weight excluding hydrogens is 347 g/mol. The second-order valence-electron chi connectivity index (χ2n) is 7.08. The van der Waals surface area contributed by atoms with Gasteiger partial charge in [0.15, 0.2) is 0 Å². The summed E-state index contributed by atoms with van der Waals surface area (Å²) < 4.78 is 15.5. The number of hydrogen-bond donors (Lipinski definition) is 0. The van der Waals surface area contributed by atoms with Gasteiger partial charge >= 0.3 is 0 Å². The van der Waals surface area contributed by atoms with E-state index in [-0.39, 0.29) is 5.82 Å². The molecule has 0 saturated carbocycles. The molecule has 1 aromatic heterocycles. The van der Waals surface area contributed by atoms with Crippen LogP contribution in [0.5, 0.6) is 0 Å². The van der Waals surface area contributed by atoms with Crippen molar-refractivity contribution >= 4 is 34.3 Å². The molecule has 0 spiro atoms. The van der Waals surface area contributed by atoms with Crippen LogP contribution in [0.3, 0.4) is 0 Å². The van der Waals surface area contributed by atoms with E-state index in [1.165, 1.54) is 34.3 Å². The van der Waals surface area contributed by atoms with E-state index in [1.54, 1.807) is 0 Å².